The average molecular weight is 490 g/mol. The van der Waals surface area contributed by atoms with Crippen molar-refractivity contribution in [1.29, 1.82) is 0 Å². The molecule has 2 aromatic rings. The fourth-order valence-electron chi connectivity index (χ4n) is 2.83. The van der Waals surface area contributed by atoms with Gasteiger partial charge < -0.3 is 9.52 Å². The monoisotopic (exact) mass is 489 g/mol. The van der Waals surface area contributed by atoms with Crippen LogP contribution in [0.5, 0.6) is 0 Å². The highest BCUT2D eigenvalue weighted by atomic mass is 35.5. The summed E-state index contributed by atoms with van der Waals surface area (Å²) in [7, 11) is 0. The number of halogens is 4. The minimum absolute atomic E-state index is 0.0118. The number of furan rings is 1. The highest BCUT2D eigenvalue weighted by molar-refractivity contribution is 8.26. The van der Waals surface area contributed by atoms with Gasteiger partial charge in [0, 0.05) is 24.6 Å². The second-order valence-electron chi connectivity index (χ2n) is 6.58. The smallest absolute Gasteiger partial charge is 0.416 e. The van der Waals surface area contributed by atoms with E-state index in [9.17, 15) is 22.8 Å². The van der Waals surface area contributed by atoms with E-state index in [0.717, 1.165) is 30.0 Å². The number of thiocarbonyl (C=S) groups is 1. The van der Waals surface area contributed by atoms with Crippen molar-refractivity contribution in [1.82, 2.24) is 4.90 Å². The van der Waals surface area contributed by atoms with E-state index in [2.05, 4.69) is 0 Å². The number of aliphatic carboxylic acids is 1. The zero-order chi connectivity index (χ0) is 22.8. The van der Waals surface area contributed by atoms with Crippen LogP contribution in [-0.2, 0) is 15.8 Å². The van der Waals surface area contributed by atoms with Gasteiger partial charge in [-0.05, 0) is 43.2 Å². The highest BCUT2D eigenvalue weighted by Crippen LogP contribution is 2.38. The summed E-state index contributed by atoms with van der Waals surface area (Å²) < 4.78 is 44.9. The van der Waals surface area contributed by atoms with Gasteiger partial charge in [-0.1, -0.05) is 35.6 Å². The number of unbranched alkanes of at least 4 members (excludes halogenated alkanes) is 1. The molecule has 0 aliphatic carbocycles. The first-order chi connectivity index (χ1) is 14.6. The number of benzene rings is 1. The molecule has 0 bridgehead atoms. The summed E-state index contributed by atoms with van der Waals surface area (Å²) in [5.74, 6) is -0.846. The molecule has 1 aliphatic heterocycles. The SMILES string of the molecule is O=C(O)CCCCN1C(=O)/C(=C\c2ccc(-c3cc(C(F)(F)F)ccc3Cl)o2)SC1=S. The molecule has 0 spiro atoms. The second-order valence-corrected chi connectivity index (χ2v) is 8.66. The quantitative estimate of drug-likeness (QED) is 0.289. The number of rotatable bonds is 7. The van der Waals surface area contributed by atoms with E-state index in [1.54, 1.807) is 0 Å². The predicted octanol–water partition coefficient (Wildman–Crippen LogP) is 6.07. The molecule has 1 aromatic heterocycles. The molecule has 1 aliphatic rings. The average Bonchev–Trinajstić information content (AvgIpc) is 3.24. The number of thioether (sulfide) groups is 1. The molecule has 1 fully saturated rings. The Labute approximate surface area is 189 Å². The Bertz CT molecular complexity index is 1060. The van der Waals surface area contributed by atoms with Crippen molar-refractivity contribution in [2.75, 3.05) is 6.54 Å². The summed E-state index contributed by atoms with van der Waals surface area (Å²) in [4.78, 5) is 24.9. The molecule has 0 atom stereocenters. The lowest BCUT2D eigenvalue weighted by Gasteiger charge is -2.13. The summed E-state index contributed by atoms with van der Waals surface area (Å²) >= 11 is 12.3. The molecule has 1 amide bonds. The van der Waals surface area contributed by atoms with Gasteiger partial charge in [-0.25, -0.2) is 0 Å². The van der Waals surface area contributed by atoms with Gasteiger partial charge in [0.2, 0.25) is 0 Å². The molecule has 31 heavy (non-hydrogen) atoms. The van der Waals surface area contributed by atoms with Crippen molar-refractivity contribution >= 4 is 57.9 Å². The standard InChI is InChI=1S/C20H15ClF3NO4S2/c21-14-6-4-11(20(22,23)24)9-13(14)15-7-5-12(29-15)10-16-18(28)25(19(30)31-16)8-2-1-3-17(26)27/h4-7,9-10H,1-3,8H2,(H,26,27)/b16-10+. The normalized spacial score (nSPS) is 15.9. The maximum absolute atomic E-state index is 13.0. The Balaban J connectivity index is 1.76. The summed E-state index contributed by atoms with van der Waals surface area (Å²) in [5.41, 5.74) is -0.768. The van der Waals surface area contributed by atoms with Gasteiger partial charge in [-0.2, -0.15) is 13.2 Å². The maximum atomic E-state index is 13.0. The van der Waals surface area contributed by atoms with Crippen LogP contribution < -0.4 is 0 Å². The largest absolute Gasteiger partial charge is 0.481 e. The van der Waals surface area contributed by atoms with Crippen LogP contribution in [0, 0.1) is 0 Å². The van der Waals surface area contributed by atoms with E-state index in [-0.39, 0.29) is 34.4 Å². The van der Waals surface area contributed by atoms with Crippen molar-refractivity contribution in [3.05, 3.63) is 51.6 Å². The molecule has 164 valence electrons. The molecule has 11 heteroatoms. The lowest BCUT2D eigenvalue weighted by molar-refractivity contribution is -0.138. The van der Waals surface area contributed by atoms with Crippen LogP contribution in [0.25, 0.3) is 17.4 Å². The van der Waals surface area contributed by atoms with Gasteiger partial charge in [0.05, 0.1) is 15.5 Å². The van der Waals surface area contributed by atoms with E-state index in [4.69, 9.17) is 33.3 Å². The highest BCUT2D eigenvalue weighted by Gasteiger charge is 2.33. The number of carbonyl (C=O) groups is 2. The van der Waals surface area contributed by atoms with E-state index in [1.165, 1.54) is 23.1 Å². The third kappa shape index (κ3) is 5.69. The molecule has 1 aromatic carbocycles. The van der Waals surface area contributed by atoms with Crippen molar-refractivity contribution in [3.63, 3.8) is 0 Å². The minimum atomic E-state index is -4.52. The van der Waals surface area contributed by atoms with Crippen LogP contribution in [-0.4, -0.2) is 32.7 Å². The van der Waals surface area contributed by atoms with E-state index in [0.29, 0.717) is 28.6 Å². The van der Waals surface area contributed by atoms with Crippen LogP contribution in [0.15, 0.2) is 39.7 Å². The van der Waals surface area contributed by atoms with Crippen molar-refractivity contribution in [3.8, 4) is 11.3 Å². The second kappa shape index (κ2) is 9.46. The fourth-order valence-corrected chi connectivity index (χ4v) is 4.33. The fraction of sp³-hybridized carbons (Fsp3) is 0.250. The Kier molecular flexibility index (Phi) is 7.13. The Morgan fingerprint density at radius 2 is 2.00 bits per heavy atom. The van der Waals surface area contributed by atoms with E-state index < -0.39 is 17.7 Å². The molecule has 0 saturated carbocycles. The number of hydrogen-bond acceptors (Lipinski definition) is 5. The third-order valence-electron chi connectivity index (χ3n) is 4.36. The zero-order valence-electron chi connectivity index (χ0n) is 15.7. The van der Waals surface area contributed by atoms with Gasteiger partial charge in [0.1, 0.15) is 15.8 Å². The number of hydrogen-bond donors (Lipinski definition) is 1. The Morgan fingerprint density at radius 3 is 2.68 bits per heavy atom. The molecule has 5 nitrogen and oxygen atoms in total. The molecule has 1 saturated heterocycles. The molecular weight excluding hydrogens is 475 g/mol. The van der Waals surface area contributed by atoms with Gasteiger partial charge in [-0.15, -0.1) is 0 Å². The molecular formula is C20H15ClF3NO4S2. The summed E-state index contributed by atoms with van der Waals surface area (Å²) in [6.45, 7) is 0.304. The van der Waals surface area contributed by atoms with Crippen molar-refractivity contribution < 1.29 is 32.3 Å². The molecule has 0 radical (unpaired) electrons. The number of carboxylic acids is 1. The maximum Gasteiger partial charge on any atom is 0.416 e. The number of carboxylic acid groups (broad SMARTS) is 1. The molecule has 3 rings (SSSR count). The number of alkyl halides is 3. The third-order valence-corrected chi connectivity index (χ3v) is 6.06. The van der Waals surface area contributed by atoms with Gasteiger partial charge in [0.15, 0.2) is 0 Å². The number of carbonyl (C=O) groups excluding carboxylic acids is 1. The van der Waals surface area contributed by atoms with Crippen molar-refractivity contribution in [2.24, 2.45) is 0 Å². The summed E-state index contributed by atoms with van der Waals surface area (Å²) in [5, 5.41) is 8.78. The summed E-state index contributed by atoms with van der Waals surface area (Å²) in [6, 6.07) is 5.93. The minimum Gasteiger partial charge on any atom is -0.481 e. The first kappa shape index (κ1) is 23.4. The van der Waals surface area contributed by atoms with Crippen LogP contribution in [0.1, 0.15) is 30.6 Å². The van der Waals surface area contributed by atoms with Crippen LogP contribution in [0.4, 0.5) is 13.2 Å². The van der Waals surface area contributed by atoms with Gasteiger partial charge >= 0.3 is 12.1 Å². The predicted molar refractivity (Wildman–Crippen MR) is 116 cm³/mol. The lowest BCUT2D eigenvalue weighted by Crippen LogP contribution is -2.29. The Hall–Kier alpha value is -2.30. The van der Waals surface area contributed by atoms with E-state index in [1.807, 2.05) is 0 Å². The number of amides is 1. The zero-order valence-corrected chi connectivity index (χ0v) is 18.1. The van der Waals surface area contributed by atoms with Crippen LogP contribution in [0.3, 0.4) is 0 Å². The molecule has 1 N–H and O–H groups in total. The lowest BCUT2D eigenvalue weighted by atomic mass is 10.1. The molecule has 2 heterocycles. The van der Waals surface area contributed by atoms with Crippen molar-refractivity contribution in [2.45, 2.75) is 25.4 Å². The van der Waals surface area contributed by atoms with Gasteiger partial charge in [0.25, 0.3) is 5.91 Å². The topological polar surface area (TPSA) is 70.8 Å². The van der Waals surface area contributed by atoms with Gasteiger partial charge in [-0.3, -0.25) is 14.5 Å². The first-order valence-corrected chi connectivity index (χ1v) is 10.6. The summed E-state index contributed by atoms with van der Waals surface area (Å²) in [6.07, 6.45) is -2.14. The number of nitrogens with zero attached hydrogens (tertiary/aromatic N) is 1. The van der Waals surface area contributed by atoms with E-state index >= 15 is 0 Å². The Morgan fingerprint density at radius 1 is 1.26 bits per heavy atom. The molecule has 0 unspecified atom stereocenters. The van der Waals surface area contributed by atoms with Crippen LogP contribution >= 0.6 is 35.6 Å². The first-order valence-electron chi connectivity index (χ1n) is 9.00. The van der Waals surface area contributed by atoms with Crippen LogP contribution in [0.2, 0.25) is 5.02 Å².